The van der Waals surface area contributed by atoms with Crippen molar-refractivity contribution in [3.8, 4) is 11.5 Å². The molecule has 0 aliphatic rings. The third kappa shape index (κ3) is 1.73. The molecular weight excluding hydrogens is 224 g/mol. The largest absolute Gasteiger partial charge is 0.494 e. The van der Waals surface area contributed by atoms with Gasteiger partial charge >= 0.3 is 5.69 Å². The van der Waals surface area contributed by atoms with Gasteiger partial charge in [-0.15, -0.1) is 0 Å². The third-order valence-electron chi connectivity index (χ3n) is 2.41. The normalized spacial score (nSPS) is 10.2. The summed E-state index contributed by atoms with van der Waals surface area (Å²) in [5, 5.41) is 11.4. The number of nitrogens with zero attached hydrogens (tertiary/aromatic N) is 2. The number of ether oxygens (including phenoxy) is 2. The zero-order valence-electron chi connectivity index (χ0n) is 9.34. The summed E-state index contributed by atoms with van der Waals surface area (Å²) in [7, 11) is 2.86. The second kappa shape index (κ2) is 4.25. The highest BCUT2D eigenvalue weighted by molar-refractivity contribution is 5.95. The fourth-order valence-electron chi connectivity index (χ4n) is 1.68. The van der Waals surface area contributed by atoms with Crippen molar-refractivity contribution in [1.29, 1.82) is 0 Å². The number of nitro groups is 1. The second-order valence-corrected chi connectivity index (χ2v) is 3.29. The third-order valence-corrected chi connectivity index (χ3v) is 2.41. The average molecular weight is 234 g/mol. The Labute approximate surface area is 96.9 Å². The predicted molar refractivity (Wildman–Crippen MR) is 61.5 cm³/mol. The van der Waals surface area contributed by atoms with Crippen LogP contribution in [-0.2, 0) is 0 Å². The first-order valence-electron chi connectivity index (χ1n) is 4.83. The van der Waals surface area contributed by atoms with Crippen LogP contribution in [0.3, 0.4) is 0 Å². The lowest BCUT2D eigenvalue weighted by atomic mass is 10.1. The maximum Gasteiger partial charge on any atom is 0.320 e. The standard InChI is InChI=1S/C11H10N2O4/c1-16-8-6-9(17-2)11(13(14)15)7-4-3-5-12-10(7)8/h3-6H,1-2H3. The highest BCUT2D eigenvalue weighted by atomic mass is 16.6. The molecule has 0 unspecified atom stereocenters. The molecule has 88 valence electrons. The van der Waals surface area contributed by atoms with E-state index in [0.717, 1.165) is 0 Å². The number of hydrogen-bond donors (Lipinski definition) is 0. The number of fused-ring (bicyclic) bond motifs is 1. The van der Waals surface area contributed by atoms with Crippen LogP contribution in [-0.4, -0.2) is 24.1 Å². The zero-order chi connectivity index (χ0) is 12.4. The SMILES string of the molecule is COc1cc(OC)c2ncccc2c1[N+](=O)[O-]. The first-order valence-corrected chi connectivity index (χ1v) is 4.83. The molecule has 17 heavy (non-hydrogen) atoms. The molecule has 1 aromatic heterocycles. The number of pyridine rings is 1. The monoisotopic (exact) mass is 234 g/mol. The van der Waals surface area contributed by atoms with E-state index < -0.39 is 4.92 Å². The minimum atomic E-state index is -0.484. The van der Waals surface area contributed by atoms with Gasteiger partial charge in [0.25, 0.3) is 0 Å². The lowest BCUT2D eigenvalue weighted by Crippen LogP contribution is -1.97. The topological polar surface area (TPSA) is 74.5 Å². The molecular formula is C11H10N2O4. The Kier molecular flexibility index (Phi) is 2.78. The van der Waals surface area contributed by atoms with Crippen LogP contribution >= 0.6 is 0 Å². The van der Waals surface area contributed by atoms with Gasteiger partial charge in [-0.05, 0) is 12.1 Å². The number of methoxy groups -OCH3 is 2. The quantitative estimate of drug-likeness (QED) is 0.600. The van der Waals surface area contributed by atoms with E-state index >= 15 is 0 Å². The molecule has 0 N–H and O–H groups in total. The van der Waals surface area contributed by atoms with Gasteiger partial charge in [-0.2, -0.15) is 0 Å². The summed E-state index contributed by atoms with van der Waals surface area (Å²) in [5.74, 6) is 0.607. The fourth-order valence-corrected chi connectivity index (χ4v) is 1.68. The first kappa shape index (κ1) is 11.1. The smallest absolute Gasteiger partial charge is 0.320 e. The van der Waals surface area contributed by atoms with Gasteiger partial charge in [0.15, 0.2) is 0 Å². The number of aromatic nitrogens is 1. The van der Waals surface area contributed by atoms with Gasteiger partial charge in [0.1, 0.15) is 11.3 Å². The fraction of sp³-hybridized carbons (Fsp3) is 0.182. The van der Waals surface area contributed by atoms with Crippen LogP contribution in [0.1, 0.15) is 0 Å². The van der Waals surface area contributed by atoms with Crippen LogP contribution in [0, 0.1) is 10.1 Å². The van der Waals surface area contributed by atoms with Crippen molar-refractivity contribution in [3.05, 3.63) is 34.5 Å². The molecule has 0 saturated carbocycles. The van der Waals surface area contributed by atoms with Crippen LogP contribution < -0.4 is 9.47 Å². The summed E-state index contributed by atoms with van der Waals surface area (Å²) in [6.45, 7) is 0. The Bertz CT molecular complexity index is 583. The minimum absolute atomic E-state index is 0.101. The van der Waals surface area contributed by atoms with Gasteiger partial charge in [0.05, 0.1) is 24.5 Å². The number of hydrogen-bond acceptors (Lipinski definition) is 5. The summed E-state index contributed by atoms with van der Waals surface area (Å²) >= 11 is 0. The molecule has 6 nitrogen and oxygen atoms in total. The van der Waals surface area contributed by atoms with E-state index in [2.05, 4.69) is 4.98 Å². The second-order valence-electron chi connectivity index (χ2n) is 3.29. The molecule has 0 amide bonds. The van der Waals surface area contributed by atoms with Crippen molar-refractivity contribution in [3.63, 3.8) is 0 Å². The van der Waals surface area contributed by atoms with Crippen molar-refractivity contribution < 1.29 is 14.4 Å². The van der Waals surface area contributed by atoms with Gasteiger partial charge in [0.2, 0.25) is 5.75 Å². The lowest BCUT2D eigenvalue weighted by Gasteiger charge is -2.08. The van der Waals surface area contributed by atoms with Crippen LogP contribution in [0.2, 0.25) is 0 Å². The van der Waals surface area contributed by atoms with E-state index in [4.69, 9.17) is 9.47 Å². The number of nitro benzene ring substituents is 1. The van der Waals surface area contributed by atoms with E-state index in [9.17, 15) is 10.1 Å². The van der Waals surface area contributed by atoms with E-state index in [1.54, 1.807) is 18.3 Å². The van der Waals surface area contributed by atoms with Gasteiger partial charge < -0.3 is 9.47 Å². The predicted octanol–water partition coefficient (Wildman–Crippen LogP) is 2.16. The Morgan fingerprint density at radius 2 is 2.00 bits per heavy atom. The van der Waals surface area contributed by atoms with Crippen LogP contribution in [0.4, 0.5) is 5.69 Å². The Balaban J connectivity index is 2.90. The summed E-state index contributed by atoms with van der Waals surface area (Å²) in [5.41, 5.74) is 0.346. The van der Waals surface area contributed by atoms with Gasteiger partial charge in [0, 0.05) is 12.3 Å². The maximum atomic E-state index is 11.1. The molecule has 0 saturated heterocycles. The summed E-state index contributed by atoms with van der Waals surface area (Å²) < 4.78 is 10.1. The molecule has 0 spiro atoms. The highest BCUT2D eigenvalue weighted by Gasteiger charge is 2.22. The molecule has 0 fully saturated rings. The molecule has 2 rings (SSSR count). The van der Waals surface area contributed by atoms with Crippen molar-refractivity contribution in [2.75, 3.05) is 14.2 Å². The maximum absolute atomic E-state index is 11.1. The van der Waals surface area contributed by atoms with Gasteiger partial charge in [-0.3, -0.25) is 15.1 Å². The Hall–Kier alpha value is -2.37. The average Bonchev–Trinajstić information content (AvgIpc) is 2.36. The molecule has 0 radical (unpaired) electrons. The van der Waals surface area contributed by atoms with E-state index in [-0.39, 0.29) is 11.4 Å². The molecule has 0 atom stereocenters. The summed E-state index contributed by atoms with van der Waals surface area (Å²) in [4.78, 5) is 14.7. The van der Waals surface area contributed by atoms with Crippen LogP contribution in [0.5, 0.6) is 11.5 Å². The van der Waals surface area contributed by atoms with Crippen LogP contribution in [0.15, 0.2) is 24.4 Å². The zero-order valence-corrected chi connectivity index (χ0v) is 9.34. The summed E-state index contributed by atoms with van der Waals surface area (Å²) in [6, 6.07) is 4.72. The highest BCUT2D eigenvalue weighted by Crippen LogP contribution is 2.39. The molecule has 0 aliphatic carbocycles. The van der Waals surface area contributed by atoms with Gasteiger partial charge in [-0.1, -0.05) is 0 Å². The van der Waals surface area contributed by atoms with Crippen molar-refractivity contribution >= 4 is 16.6 Å². The molecule has 2 aromatic rings. The van der Waals surface area contributed by atoms with Crippen LogP contribution in [0.25, 0.3) is 10.9 Å². The lowest BCUT2D eigenvalue weighted by molar-refractivity contribution is -0.384. The van der Waals surface area contributed by atoms with E-state index in [1.807, 2.05) is 0 Å². The molecule has 6 heteroatoms. The van der Waals surface area contributed by atoms with Crippen molar-refractivity contribution in [1.82, 2.24) is 4.98 Å². The molecule has 1 heterocycles. The minimum Gasteiger partial charge on any atom is -0.494 e. The molecule has 1 aromatic carbocycles. The number of rotatable bonds is 3. The van der Waals surface area contributed by atoms with Gasteiger partial charge in [-0.25, -0.2) is 0 Å². The molecule has 0 aliphatic heterocycles. The van der Waals surface area contributed by atoms with E-state index in [0.29, 0.717) is 16.7 Å². The van der Waals surface area contributed by atoms with E-state index in [1.165, 1.54) is 20.3 Å². The summed E-state index contributed by atoms with van der Waals surface area (Å²) in [6.07, 6.45) is 1.56. The molecule has 0 bridgehead atoms. The first-order chi connectivity index (χ1) is 8.19. The Morgan fingerprint density at radius 1 is 1.29 bits per heavy atom. The number of benzene rings is 1. The Morgan fingerprint density at radius 3 is 2.59 bits per heavy atom. The van der Waals surface area contributed by atoms with Crippen molar-refractivity contribution in [2.24, 2.45) is 0 Å². The van der Waals surface area contributed by atoms with Crippen molar-refractivity contribution in [2.45, 2.75) is 0 Å².